The van der Waals surface area contributed by atoms with Crippen LogP contribution in [0.4, 0.5) is 5.69 Å². The summed E-state index contributed by atoms with van der Waals surface area (Å²) >= 11 is 6.20. The highest BCUT2D eigenvalue weighted by atomic mass is 35.5. The van der Waals surface area contributed by atoms with Gasteiger partial charge in [-0.25, -0.2) is 0 Å². The fourth-order valence-corrected chi connectivity index (χ4v) is 3.19. The van der Waals surface area contributed by atoms with E-state index in [2.05, 4.69) is 42.6 Å². The first kappa shape index (κ1) is 14.0. The zero-order valence-corrected chi connectivity index (χ0v) is 12.7. The third kappa shape index (κ3) is 2.89. The zero-order valence-electron chi connectivity index (χ0n) is 11.9. The lowest BCUT2D eigenvalue weighted by Gasteiger charge is -2.37. The molecule has 1 N–H and O–H groups in total. The predicted molar refractivity (Wildman–Crippen MR) is 86.7 cm³/mol. The Kier molecular flexibility index (Phi) is 3.86. The van der Waals surface area contributed by atoms with E-state index in [1.54, 1.807) is 12.1 Å². The lowest BCUT2D eigenvalue weighted by atomic mass is 9.74. The summed E-state index contributed by atoms with van der Waals surface area (Å²) in [7, 11) is 0. The van der Waals surface area contributed by atoms with Gasteiger partial charge in [-0.15, -0.1) is 0 Å². The molecule has 1 aliphatic carbocycles. The molecule has 0 saturated heterocycles. The minimum atomic E-state index is 0.458. The Morgan fingerprint density at radius 1 is 1.19 bits per heavy atom. The van der Waals surface area contributed by atoms with Crippen LogP contribution in [0.25, 0.3) is 0 Å². The van der Waals surface area contributed by atoms with Gasteiger partial charge in [-0.05, 0) is 55.0 Å². The molecule has 0 bridgehead atoms. The number of aryl methyl sites for hydroxylation is 1. The quantitative estimate of drug-likeness (QED) is 0.876. The van der Waals surface area contributed by atoms with Crippen molar-refractivity contribution in [2.45, 2.75) is 31.7 Å². The van der Waals surface area contributed by atoms with Gasteiger partial charge in [0.25, 0.3) is 0 Å². The summed E-state index contributed by atoms with van der Waals surface area (Å²) in [5.41, 5.74) is 4.35. The maximum Gasteiger partial charge on any atom is 0.0992 e. The van der Waals surface area contributed by atoms with Gasteiger partial charge in [0.1, 0.15) is 0 Å². The van der Waals surface area contributed by atoms with E-state index in [0.29, 0.717) is 22.5 Å². The number of rotatable bonds is 3. The molecule has 3 heteroatoms. The van der Waals surface area contributed by atoms with Crippen molar-refractivity contribution in [2.75, 3.05) is 5.32 Å². The Hall–Kier alpha value is -1.98. The number of nitrogens with one attached hydrogen (secondary N) is 1. The highest BCUT2D eigenvalue weighted by Crippen LogP contribution is 2.40. The van der Waals surface area contributed by atoms with Crippen LogP contribution in [0.1, 0.15) is 35.4 Å². The van der Waals surface area contributed by atoms with Crippen molar-refractivity contribution in [1.29, 1.82) is 5.26 Å². The molecule has 1 fully saturated rings. The highest BCUT2D eigenvalue weighted by Gasteiger charge is 2.31. The van der Waals surface area contributed by atoms with E-state index in [1.165, 1.54) is 11.1 Å². The van der Waals surface area contributed by atoms with E-state index in [9.17, 15) is 0 Å². The number of nitriles is 1. The van der Waals surface area contributed by atoms with E-state index >= 15 is 0 Å². The van der Waals surface area contributed by atoms with E-state index in [0.717, 1.165) is 18.5 Å². The molecule has 2 nitrogen and oxygen atoms in total. The Bertz CT molecular complexity index is 697. The molecule has 106 valence electrons. The molecule has 3 rings (SSSR count). The van der Waals surface area contributed by atoms with Gasteiger partial charge in [0, 0.05) is 6.04 Å². The normalized spacial score (nSPS) is 20.4. The SMILES string of the molecule is Cc1ccccc1C1CC(Nc2ccc(C#N)cc2Cl)C1. The van der Waals surface area contributed by atoms with E-state index < -0.39 is 0 Å². The minimum absolute atomic E-state index is 0.458. The van der Waals surface area contributed by atoms with E-state index in [-0.39, 0.29) is 0 Å². The van der Waals surface area contributed by atoms with Crippen molar-refractivity contribution in [2.24, 2.45) is 0 Å². The third-order valence-corrected chi connectivity index (χ3v) is 4.54. The van der Waals surface area contributed by atoms with Crippen LogP contribution in [0.5, 0.6) is 0 Å². The van der Waals surface area contributed by atoms with Crippen molar-refractivity contribution in [3.8, 4) is 6.07 Å². The summed E-state index contributed by atoms with van der Waals surface area (Å²) in [6.07, 6.45) is 2.25. The van der Waals surface area contributed by atoms with E-state index in [4.69, 9.17) is 16.9 Å². The monoisotopic (exact) mass is 296 g/mol. The molecule has 2 aromatic rings. The predicted octanol–water partition coefficient (Wildman–Crippen LogP) is 4.88. The fraction of sp³-hybridized carbons (Fsp3) is 0.278. The van der Waals surface area contributed by atoms with Gasteiger partial charge in [0.05, 0.1) is 22.3 Å². The molecule has 0 atom stereocenters. The number of nitrogens with zero attached hydrogens (tertiary/aromatic N) is 1. The zero-order chi connectivity index (χ0) is 14.8. The molecule has 2 aromatic carbocycles. The molecule has 0 heterocycles. The number of hydrogen-bond donors (Lipinski definition) is 1. The molecule has 1 saturated carbocycles. The lowest BCUT2D eigenvalue weighted by molar-refractivity contribution is 0.373. The first-order valence-electron chi connectivity index (χ1n) is 7.19. The topological polar surface area (TPSA) is 35.8 Å². The molecule has 1 aliphatic rings. The summed E-state index contributed by atoms with van der Waals surface area (Å²) in [6.45, 7) is 2.17. The number of benzene rings is 2. The number of anilines is 1. The average molecular weight is 297 g/mol. The third-order valence-electron chi connectivity index (χ3n) is 4.22. The van der Waals surface area contributed by atoms with Crippen LogP contribution in [0.2, 0.25) is 5.02 Å². The first-order valence-corrected chi connectivity index (χ1v) is 7.57. The van der Waals surface area contributed by atoms with Crippen LogP contribution in [0.3, 0.4) is 0 Å². The second kappa shape index (κ2) is 5.79. The van der Waals surface area contributed by atoms with Crippen LogP contribution >= 0.6 is 11.6 Å². The molecule has 0 unspecified atom stereocenters. The maximum atomic E-state index is 8.85. The van der Waals surface area contributed by atoms with Crippen molar-refractivity contribution in [3.63, 3.8) is 0 Å². The summed E-state index contributed by atoms with van der Waals surface area (Å²) in [5, 5.41) is 12.9. The summed E-state index contributed by atoms with van der Waals surface area (Å²) in [4.78, 5) is 0. The molecular formula is C18H17ClN2. The second-order valence-corrected chi connectivity index (χ2v) is 6.08. The Labute approximate surface area is 130 Å². The molecule has 21 heavy (non-hydrogen) atoms. The summed E-state index contributed by atoms with van der Waals surface area (Å²) in [6, 6.07) is 16.6. The molecule has 0 amide bonds. The van der Waals surface area contributed by atoms with Crippen LogP contribution < -0.4 is 5.32 Å². The Morgan fingerprint density at radius 3 is 2.62 bits per heavy atom. The average Bonchev–Trinajstić information content (AvgIpc) is 2.45. The van der Waals surface area contributed by atoms with Crippen molar-refractivity contribution in [1.82, 2.24) is 0 Å². The second-order valence-electron chi connectivity index (χ2n) is 5.67. The fourth-order valence-electron chi connectivity index (χ4n) is 2.96. The highest BCUT2D eigenvalue weighted by molar-refractivity contribution is 6.33. The van der Waals surface area contributed by atoms with Crippen LogP contribution in [-0.4, -0.2) is 6.04 Å². The molecule has 0 aromatic heterocycles. The Balaban J connectivity index is 1.63. The van der Waals surface area contributed by atoms with Crippen molar-refractivity contribution >= 4 is 17.3 Å². The molecule has 0 aliphatic heterocycles. The van der Waals surface area contributed by atoms with Gasteiger partial charge in [-0.2, -0.15) is 5.26 Å². The van der Waals surface area contributed by atoms with Crippen LogP contribution in [0, 0.1) is 18.3 Å². The van der Waals surface area contributed by atoms with Gasteiger partial charge in [-0.3, -0.25) is 0 Å². The summed E-state index contributed by atoms with van der Waals surface area (Å²) < 4.78 is 0. The first-order chi connectivity index (χ1) is 10.2. The summed E-state index contributed by atoms with van der Waals surface area (Å²) in [5.74, 6) is 0.640. The smallest absolute Gasteiger partial charge is 0.0992 e. The van der Waals surface area contributed by atoms with Crippen LogP contribution in [-0.2, 0) is 0 Å². The van der Waals surface area contributed by atoms with Gasteiger partial charge < -0.3 is 5.32 Å². The molecular weight excluding hydrogens is 280 g/mol. The molecule has 0 spiro atoms. The van der Waals surface area contributed by atoms with Gasteiger partial charge in [-0.1, -0.05) is 35.9 Å². The van der Waals surface area contributed by atoms with Crippen molar-refractivity contribution < 1.29 is 0 Å². The van der Waals surface area contributed by atoms with Gasteiger partial charge in [0.15, 0.2) is 0 Å². The molecule has 0 radical (unpaired) electrons. The number of halogens is 1. The van der Waals surface area contributed by atoms with Crippen molar-refractivity contribution in [3.05, 3.63) is 64.2 Å². The lowest BCUT2D eigenvalue weighted by Crippen LogP contribution is -2.34. The minimum Gasteiger partial charge on any atom is -0.381 e. The maximum absolute atomic E-state index is 8.85. The van der Waals surface area contributed by atoms with Gasteiger partial charge in [0.2, 0.25) is 0 Å². The van der Waals surface area contributed by atoms with E-state index in [1.807, 2.05) is 6.07 Å². The standard InChI is InChI=1S/C18H17ClN2/c1-12-4-2-3-5-16(12)14-9-15(10-14)21-18-7-6-13(11-20)8-17(18)19/h2-8,14-15,21H,9-10H2,1H3. The van der Waals surface area contributed by atoms with Gasteiger partial charge >= 0.3 is 0 Å². The Morgan fingerprint density at radius 2 is 1.95 bits per heavy atom. The number of hydrogen-bond acceptors (Lipinski definition) is 2. The van der Waals surface area contributed by atoms with Crippen LogP contribution in [0.15, 0.2) is 42.5 Å². The largest absolute Gasteiger partial charge is 0.381 e.